The molecule has 0 saturated carbocycles. The van der Waals surface area contributed by atoms with Crippen LogP contribution >= 0.6 is 11.6 Å². The minimum absolute atomic E-state index is 0.0368. The highest BCUT2D eigenvalue weighted by molar-refractivity contribution is 6.32. The molecule has 4 N–H and O–H groups in total. The van der Waals surface area contributed by atoms with Crippen LogP contribution in [0.15, 0.2) is 24.8 Å². The number of hydrogen-bond donors (Lipinski definition) is 4. The molecule has 0 aromatic carbocycles. The van der Waals surface area contributed by atoms with E-state index in [1.54, 1.807) is 6.07 Å². The predicted octanol–water partition coefficient (Wildman–Crippen LogP) is 2.93. The molecule has 1 amide bonds. The first-order valence-corrected chi connectivity index (χ1v) is 9.09. The number of hydrogen-bond acceptors (Lipinski definition) is 7. The number of aromatic nitrogens is 3. The molecule has 0 saturated heterocycles. The van der Waals surface area contributed by atoms with Crippen molar-refractivity contribution < 1.29 is 14.3 Å². The van der Waals surface area contributed by atoms with Crippen molar-refractivity contribution >= 4 is 34.8 Å². The average Bonchev–Trinajstić information content (AvgIpc) is 2.60. The summed E-state index contributed by atoms with van der Waals surface area (Å²) < 4.78 is 13.9. The van der Waals surface area contributed by atoms with Crippen molar-refractivity contribution in [2.24, 2.45) is 0 Å². The molecule has 2 aromatic heterocycles. The summed E-state index contributed by atoms with van der Waals surface area (Å²) in [5.41, 5.74) is -0.792. The molecular weight excluding hydrogens is 387 g/mol. The maximum Gasteiger partial charge on any atom is 0.255 e. The van der Waals surface area contributed by atoms with E-state index in [4.69, 9.17) is 11.6 Å². The van der Waals surface area contributed by atoms with E-state index in [-0.39, 0.29) is 18.2 Å². The Labute approximate surface area is 168 Å². The van der Waals surface area contributed by atoms with Gasteiger partial charge in [0.15, 0.2) is 5.82 Å². The van der Waals surface area contributed by atoms with Gasteiger partial charge in [-0.1, -0.05) is 11.6 Å². The van der Waals surface area contributed by atoms with Crippen LogP contribution in [0.3, 0.4) is 0 Å². The van der Waals surface area contributed by atoms with Crippen LogP contribution in [-0.4, -0.2) is 50.3 Å². The zero-order chi connectivity index (χ0) is 20.9. The summed E-state index contributed by atoms with van der Waals surface area (Å²) in [6.07, 6.45) is 2.56. The zero-order valence-corrected chi connectivity index (χ0v) is 16.9. The fraction of sp³-hybridized carbons (Fsp3) is 0.444. The lowest BCUT2D eigenvalue weighted by Gasteiger charge is -2.23. The third kappa shape index (κ3) is 6.00. The molecule has 0 aliphatic carbocycles. The van der Waals surface area contributed by atoms with Gasteiger partial charge >= 0.3 is 0 Å². The van der Waals surface area contributed by atoms with Crippen LogP contribution in [0.1, 0.15) is 38.1 Å². The Balaban J connectivity index is 2.21. The summed E-state index contributed by atoms with van der Waals surface area (Å²) >= 11 is 6.04. The zero-order valence-electron chi connectivity index (χ0n) is 16.1. The lowest BCUT2D eigenvalue weighted by atomic mass is 10.0. The number of aliphatic hydroxyl groups is 1. The number of nitrogens with zero attached hydrogens (tertiary/aromatic N) is 3. The van der Waals surface area contributed by atoms with E-state index in [1.165, 1.54) is 32.6 Å². The van der Waals surface area contributed by atoms with E-state index in [9.17, 15) is 14.3 Å². The fourth-order valence-electron chi connectivity index (χ4n) is 2.19. The standard InChI is InChI=1S/C18H24ClFN6O2/c1-10(2)25-13-5-15(26-16-12(19)7-21-9-24-16)22-6-11(13)17(27)23-8-14(20)18(3,4)28/h5-7,9-10,14,28H,8H2,1-4H3,(H,23,27)(H2,21,22,24,25,26). The number of alkyl halides is 1. The molecule has 2 aromatic rings. The molecule has 0 aliphatic heterocycles. The van der Waals surface area contributed by atoms with Gasteiger partial charge in [0.25, 0.3) is 5.91 Å². The number of rotatable bonds is 8. The molecular formula is C18H24ClFN6O2. The highest BCUT2D eigenvalue weighted by Crippen LogP contribution is 2.25. The number of anilines is 3. The van der Waals surface area contributed by atoms with Gasteiger partial charge in [-0.2, -0.15) is 0 Å². The van der Waals surface area contributed by atoms with E-state index in [2.05, 4.69) is 30.9 Å². The molecule has 152 valence electrons. The van der Waals surface area contributed by atoms with Crippen molar-refractivity contribution in [1.82, 2.24) is 20.3 Å². The van der Waals surface area contributed by atoms with Gasteiger partial charge in [0.2, 0.25) is 0 Å². The predicted molar refractivity (Wildman–Crippen MR) is 107 cm³/mol. The number of carbonyl (C=O) groups excluding carboxylic acids is 1. The van der Waals surface area contributed by atoms with E-state index in [1.807, 2.05) is 13.8 Å². The first-order valence-electron chi connectivity index (χ1n) is 8.71. The Kier molecular flexibility index (Phi) is 7.09. The second-order valence-corrected chi connectivity index (χ2v) is 7.50. The largest absolute Gasteiger partial charge is 0.387 e. The first kappa shape index (κ1) is 21.8. The Morgan fingerprint density at radius 1 is 1.32 bits per heavy atom. The molecule has 0 bridgehead atoms. The Bertz CT molecular complexity index is 828. The number of amides is 1. The van der Waals surface area contributed by atoms with Crippen molar-refractivity contribution in [3.8, 4) is 0 Å². The molecule has 2 heterocycles. The molecule has 0 radical (unpaired) electrons. The number of halogens is 2. The molecule has 10 heteroatoms. The van der Waals surface area contributed by atoms with Crippen molar-refractivity contribution in [2.75, 3.05) is 17.2 Å². The summed E-state index contributed by atoms with van der Waals surface area (Å²) in [6.45, 7) is 6.20. The Hall–Kier alpha value is -2.52. The molecule has 2 rings (SSSR count). The van der Waals surface area contributed by atoms with E-state index in [0.29, 0.717) is 22.3 Å². The van der Waals surface area contributed by atoms with Gasteiger partial charge in [0, 0.05) is 18.3 Å². The quantitative estimate of drug-likeness (QED) is 0.529. The van der Waals surface area contributed by atoms with Gasteiger partial charge in [0.05, 0.1) is 29.6 Å². The average molecular weight is 411 g/mol. The van der Waals surface area contributed by atoms with E-state index >= 15 is 0 Å². The maximum absolute atomic E-state index is 13.9. The third-order valence-corrected chi connectivity index (χ3v) is 3.99. The van der Waals surface area contributed by atoms with Crippen LogP contribution in [0.4, 0.5) is 21.7 Å². The van der Waals surface area contributed by atoms with Crippen molar-refractivity contribution in [3.63, 3.8) is 0 Å². The topological polar surface area (TPSA) is 112 Å². The molecule has 8 nitrogen and oxygen atoms in total. The first-order chi connectivity index (χ1) is 13.1. The Morgan fingerprint density at radius 3 is 2.64 bits per heavy atom. The molecule has 1 unspecified atom stereocenters. The van der Waals surface area contributed by atoms with Gasteiger partial charge in [-0.15, -0.1) is 0 Å². The maximum atomic E-state index is 13.9. The van der Waals surface area contributed by atoms with Crippen molar-refractivity contribution in [3.05, 3.63) is 35.4 Å². The minimum Gasteiger partial charge on any atom is -0.387 e. The fourth-order valence-corrected chi connectivity index (χ4v) is 2.34. The monoisotopic (exact) mass is 410 g/mol. The minimum atomic E-state index is -1.60. The highest BCUT2D eigenvalue weighted by atomic mass is 35.5. The van der Waals surface area contributed by atoms with Crippen molar-refractivity contribution in [2.45, 2.75) is 45.5 Å². The molecule has 28 heavy (non-hydrogen) atoms. The van der Waals surface area contributed by atoms with E-state index < -0.39 is 17.7 Å². The van der Waals surface area contributed by atoms with Crippen LogP contribution < -0.4 is 16.0 Å². The van der Waals surface area contributed by atoms with Gasteiger partial charge in [-0.25, -0.2) is 19.3 Å². The number of nitrogens with one attached hydrogen (secondary N) is 3. The lowest BCUT2D eigenvalue weighted by Crippen LogP contribution is -2.42. The summed E-state index contributed by atoms with van der Waals surface area (Å²) in [7, 11) is 0. The third-order valence-electron chi connectivity index (χ3n) is 3.72. The van der Waals surface area contributed by atoms with Crippen molar-refractivity contribution in [1.29, 1.82) is 0 Å². The molecule has 1 atom stereocenters. The van der Waals surface area contributed by atoms with Crippen LogP contribution in [0.5, 0.6) is 0 Å². The lowest BCUT2D eigenvalue weighted by molar-refractivity contribution is -0.00177. The Morgan fingerprint density at radius 2 is 2.04 bits per heavy atom. The summed E-state index contributed by atoms with van der Waals surface area (Å²) in [6, 6.07) is 1.67. The number of pyridine rings is 1. The van der Waals surface area contributed by atoms with Gasteiger partial charge in [0.1, 0.15) is 23.3 Å². The highest BCUT2D eigenvalue weighted by Gasteiger charge is 2.27. The van der Waals surface area contributed by atoms with Crippen LogP contribution in [0.25, 0.3) is 0 Å². The smallest absolute Gasteiger partial charge is 0.255 e. The summed E-state index contributed by atoms with van der Waals surface area (Å²) in [5, 5.41) is 18.6. The van der Waals surface area contributed by atoms with Gasteiger partial charge in [-0.3, -0.25) is 4.79 Å². The van der Waals surface area contributed by atoms with Gasteiger partial charge < -0.3 is 21.1 Å². The van der Waals surface area contributed by atoms with Gasteiger partial charge in [-0.05, 0) is 27.7 Å². The summed E-state index contributed by atoms with van der Waals surface area (Å²) in [4.78, 5) is 24.6. The molecule has 0 aliphatic rings. The molecule has 0 fully saturated rings. The van der Waals surface area contributed by atoms with Crippen LogP contribution in [-0.2, 0) is 0 Å². The van der Waals surface area contributed by atoms with E-state index in [0.717, 1.165) is 0 Å². The normalized spacial score (nSPS) is 12.6. The second-order valence-electron chi connectivity index (χ2n) is 7.09. The van der Waals surface area contributed by atoms with Crippen LogP contribution in [0.2, 0.25) is 5.02 Å². The molecule has 0 spiro atoms. The SMILES string of the molecule is CC(C)Nc1cc(Nc2ncncc2Cl)ncc1C(=O)NCC(F)C(C)(C)O. The number of carbonyl (C=O) groups is 1. The second kappa shape index (κ2) is 9.11. The summed E-state index contributed by atoms with van der Waals surface area (Å²) in [5.74, 6) is 0.289. The van der Waals surface area contributed by atoms with Crippen LogP contribution in [0, 0.1) is 0 Å².